The first-order valence-corrected chi connectivity index (χ1v) is 14.2. The molecule has 5 rings (SSSR count). The molecule has 0 bridgehead atoms. The Kier molecular flexibility index (Phi) is 8.56. The largest absolute Gasteiger partial charge is 0.396 e. The van der Waals surface area contributed by atoms with Gasteiger partial charge < -0.3 is 30.5 Å². The lowest BCUT2D eigenvalue weighted by molar-refractivity contribution is -0.0939. The third-order valence-corrected chi connectivity index (χ3v) is 8.30. The van der Waals surface area contributed by atoms with Gasteiger partial charge in [0.05, 0.1) is 17.6 Å². The third kappa shape index (κ3) is 5.70. The molecular weight excluding hydrogens is 514 g/mol. The first-order chi connectivity index (χ1) is 18.9. The Morgan fingerprint density at radius 1 is 1.03 bits per heavy atom. The Hall–Kier alpha value is -2.92. The standard InChI is InChI=1S/C30H35N3O5S/c1-30(37)27(36)25(19-35)38-28(30)33-24-12-6-5-11-23(24)32-29(33)31-18-20-13-14-22(21-9-3-2-4-10-21)26(17-20)39-16-8-7-15-34/h2-6,9-14,17,25,27-28,34-37H,7-8,15-16,18-19H2,1H3,(H,31,32). The fourth-order valence-electron chi connectivity index (χ4n) is 5.00. The summed E-state index contributed by atoms with van der Waals surface area (Å²) in [7, 11) is 0. The van der Waals surface area contributed by atoms with E-state index in [1.165, 1.54) is 17.4 Å². The van der Waals surface area contributed by atoms with E-state index in [0.29, 0.717) is 12.5 Å². The molecule has 39 heavy (non-hydrogen) atoms. The van der Waals surface area contributed by atoms with E-state index in [2.05, 4.69) is 35.6 Å². The molecule has 1 aliphatic rings. The molecule has 0 saturated carbocycles. The van der Waals surface area contributed by atoms with Gasteiger partial charge in [0, 0.05) is 18.0 Å². The number of benzene rings is 3. The number of unbranched alkanes of at least 4 members (excludes halogenated alkanes) is 1. The smallest absolute Gasteiger partial charge is 0.206 e. The second-order valence-corrected chi connectivity index (χ2v) is 11.1. The van der Waals surface area contributed by atoms with Crippen LogP contribution in [0.2, 0.25) is 0 Å². The monoisotopic (exact) mass is 549 g/mol. The van der Waals surface area contributed by atoms with Crippen LogP contribution >= 0.6 is 11.8 Å². The van der Waals surface area contributed by atoms with E-state index < -0.39 is 30.6 Å². The lowest BCUT2D eigenvalue weighted by Crippen LogP contribution is -2.44. The number of rotatable bonds is 11. The summed E-state index contributed by atoms with van der Waals surface area (Å²) < 4.78 is 7.70. The van der Waals surface area contributed by atoms with Crippen molar-refractivity contribution in [1.82, 2.24) is 9.55 Å². The van der Waals surface area contributed by atoms with Crippen molar-refractivity contribution < 1.29 is 25.2 Å². The molecule has 4 unspecified atom stereocenters. The minimum atomic E-state index is -1.64. The van der Waals surface area contributed by atoms with E-state index in [1.807, 2.05) is 42.5 Å². The number of ether oxygens (including phenoxy) is 1. The van der Waals surface area contributed by atoms with Crippen LogP contribution in [0, 0.1) is 0 Å². The van der Waals surface area contributed by atoms with Crippen LogP contribution in [0.15, 0.2) is 77.7 Å². The maximum atomic E-state index is 11.2. The molecule has 4 atom stereocenters. The molecule has 1 fully saturated rings. The summed E-state index contributed by atoms with van der Waals surface area (Å²) in [5, 5.41) is 44.1. The van der Waals surface area contributed by atoms with Gasteiger partial charge >= 0.3 is 0 Å². The zero-order valence-electron chi connectivity index (χ0n) is 21.9. The van der Waals surface area contributed by atoms with Gasteiger partial charge in [-0.25, -0.2) is 4.98 Å². The summed E-state index contributed by atoms with van der Waals surface area (Å²) in [5.41, 5.74) is 3.21. The molecule has 1 saturated heterocycles. The number of aliphatic hydroxyl groups is 4. The van der Waals surface area contributed by atoms with Crippen molar-refractivity contribution in [2.45, 2.75) is 55.2 Å². The van der Waals surface area contributed by atoms with Crippen molar-refractivity contribution in [3.05, 3.63) is 78.4 Å². The molecule has 0 radical (unpaired) electrons. The quantitative estimate of drug-likeness (QED) is 0.140. The summed E-state index contributed by atoms with van der Waals surface area (Å²) in [6.07, 6.45) is -1.39. The number of fused-ring (bicyclic) bond motifs is 1. The fourth-order valence-corrected chi connectivity index (χ4v) is 6.15. The second-order valence-electron chi connectivity index (χ2n) is 10.0. The van der Waals surface area contributed by atoms with Gasteiger partial charge in [-0.3, -0.25) is 4.57 Å². The number of nitrogens with one attached hydrogen (secondary N) is 1. The van der Waals surface area contributed by atoms with Gasteiger partial charge in [-0.2, -0.15) is 0 Å². The number of thioether (sulfide) groups is 1. The fraction of sp³-hybridized carbons (Fsp3) is 0.367. The van der Waals surface area contributed by atoms with Crippen LogP contribution in [0.4, 0.5) is 5.95 Å². The highest BCUT2D eigenvalue weighted by molar-refractivity contribution is 7.99. The maximum absolute atomic E-state index is 11.2. The van der Waals surface area contributed by atoms with Crippen molar-refractivity contribution in [2.24, 2.45) is 0 Å². The van der Waals surface area contributed by atoms with Crippen molar-refractivity contribution in [1.29, 1.82) is 0 Å². The van der Waals surface area contributed by atoms with Gasteiger partial charge in [-0.05, 0) is 60.4 Å². The first kappa shape index (κ1) is 27.6. The minimum Gasteiger partial charge on any atom is -0.396 e. The topological polar surface area (TPSA) is 120 Å². The SMILES string of the molecule is CC1(O)C(O)C(CO)OC1n1c(NCc2ccc(-c3ccccc3)c(SCCCCO)c2)nc2ccccc21. The molecule has 4 aromatic rings. The number of aliphatic hydroxyl groups excluding tert-OH is 3. The van der Waals surface area contributed by atoms with E-state index in [9.17, 15) is 20.4 Å². The van der Waals surface area contributed by atoms with Crippen LogP contribution in [-0.4, -0.2) is 66.8 Å². The third-order valence-electron chi connectivity index (χ3n) is 7.16. The molecule has 9 heteroatoms. The van der Waals surface area contributed by atoms with E-state index in [-0.39, 0.29) is 6.61 Å². The van der Waals surface area contributed by atoms with Crippen molar-refractivity contribution >= 4 is 28.7 Å². The number of nitrogens with zero attached hydrogens (tertiary/aromatic N) is 2. The molecule has 2 heterocycles. The highest BCUT2D eigenvalue weighted by Gasteiger charge is 2.53. The number of hydrogen-bond acceptors (Lipinski definition) is 8. The van der Waals surface area contributed by atoms with Gasteiger partial charge in [0.25, 0.3) is 0 Å². The van der Waals surface area contributed by atoms with Crippen molar-refractivity contribution in [3.8, 4) is 11.1 Å². The average Bonchev–Trinajstić information content (AvgIpc) is 3.43. The Labute approximate surface area is 232 Å². The average molecular weight is 550 g/mol. The molecule has 0 amide bonds. The van der Waals surface area contributed by atoms with E-state index >= 15 is 0 Å². The predicted octanol–water partition coefficient (Wildman–Crippen LogP) is 4.18. The van der Waals surface area contributed by atoms with Crippen LogP contribution < -0.4 is 5.32 Å². The summed E-state index contributed by atoms with van der Waals surface area (Å²) in [4.78, 5) is 5.93. The zero-order chi connectivity index (χ0) is 27.4. The molecule has 5 N–H and O–H groups in total. The number of para-hydroxylation sites is 2. The highest BCUT2D eigenvalue weighted by Crippen LogP contribution is 2.41. The Morgan fingerprint density at radius 3 is 2.54 bits per heavy atom. The van der Waals surface area contributed by atoms with Gasteiger partial charge in [0.2, 0.25) is 5.95 Å². The number of anilines is 1. The van der Waals surface area contributed by atoms with Crippen LogP contribution in [0.1, 0.15) is 31.6 Å². The Morgan fingerprint density at radius 2 is 1.79 bits per heavy atom. The first-order valence-electron chi connectivity index (χ1n) is 13.2. The zero-order valence-corrected chi connectivity index (χ0v) is 22.7. The van der Waals surface area contributed by atoms with Crippen LogP contribution in [0.25, 0.3) is 22.2 Å². The lowest BCUT2D eigenvalue weighted by atomic mass is 9.96. The summed E-state index contributed by atoms with van der Waals surface area (Å²) in [6, 6.07) is 24.3. The molecule has 3 aromatic carbocycles. The molecule has 1 aliphatic heterocycles. The second kappa shape index (κ2) is 12.1. The maximum Gasteiger partial charge on any atom is 0.206 e. The normalized spacial score (nSPS) is 22.9. The van der Waals surface area contributed by atoms with Gasteiger partial charge in [0.1, 0.15) is 17.8 Å². The molecule has 0 aliphatic carbocycles. The van der Waals surface area contributed by atoms with E-state index in [4.69, 9.17) is 9.72 Å². The molecule has 206 valence electrons. The van der Waals surface area contributed by atoms with Gasteiger partial charge in [-0.15, -0.1) is 11.8 Å². The Bertz CT molecular complexity index is 1390. The molecule has 8 nitrogen and oxygen atoms in total. The molecule has 0 spiro atoms. The predicted molar refractivity (Wildman–Crippen MR) is 154 cm³/mol. The van der Waals surface area contributed by atoms with Gasteiger partial charge in [-0.1, -0.05) is 54.6 Å². The number of hydrogen-bond donors (Lipinski definition) is 5. The minimum absolute atomic E-state index is 0.199. The van der Waals surface area contributed by atoms with Gasteiger partial charge in [0.15, 0.2) is 6.23 Å². The molecule has 1 aromatic heterocycles. The van der Waals surface area contributed by atoms with Crippen LogP contribution in [-0.2, 0) is 11.3 Å². The number of imidazole rings is 1. The van der Waals surface area contributed by atoms with E-state index in [1.54, 1.807) is 16.3 Å². The lowest BCUT2D eigenvalue weighted by Gasteiger charge is -2.29. The summed E-state index contributed by atoms with van der Waals surface area (Å²) in [6.45, 7) is 1.78. The van der Waals surface area contributed by atoms with Crippen molar-refractivity contribution in [2.75, 3.05) is 24.3 Å². The van der Waals surface area contributed by atoms with Crippen LogP contribution in [0.3, 0.4) is 0 Å². The highest BCUT2D eigenvalue weighted by atomic mass is 32.2. The van der Waals surface area contributed by atoms with Crippen LogP contribution in [0.5, 0.6) is 0 Å². The summed E-state index contributed by atoms with van der Waals surface area (Å²) >= 11 is 1.78. The Balaban J connectivity index is 1.44. The number of aromatic nitrogens is 2. The summed E-state index contributed by atoms with van der Waals surface area (Å²) in [5.74, 6) is 1.41. The van der Waals surface area contributed by atoms with Crippen molar-refractivity contribution in [3.63, 3.8) is 0 Å². The molecular formula is C30H35N3O5S. The van der Waals surface area contributed by atoms with E-state index in [0.717, 1.165) is 40.8 Å².